The van der Waals surface area contributed by atoms with E-state index < -0.39 is 5.54 Å². The normalized spacial score (nSPS) is 31.1. The van der Waals surface area contributed by atoms with Gasteiger partial charge in [0.25, 0.3) is 0 Å². The van der Waals surface area contributed by atoms with Crippen LogP contribution in [0.15, 0.2) is 12.2 Å². The van der Waals surface area contributed by atoms with Crippen LogP contribution in [0.1, 0.15) is 39.5 Å². The van der Waals surface area contributed by atoms with E-state index in [1.165, 1.54) is 6.42 Å². The van der Waals surface area contributed by atoms with Crippen LogP contribution in [-0.4, -0.2) is 35.6 Å². The van der Waals surface area contributed by atoms with Crippen LogP contribution < -0.4 is 0 Å². The highest BCUT2D eigenvalue weighted by atomic mass is 16.5. The monoisotopic (exact) mass is 223 g/mol. The number of carbonyl (C=O) groups excluding carboxylic acids is 1. The van der Waals surface area contributed by atoms with Crippen molar-refractivity contribution in [3.63, 3.8) is 0 Å². The summed E-state index contributed by atoms with van der Waals surface area (Å²) >= 11 is 0. The molecule has 2 atom stereocenters. The predicted molar refractivity (Wildman–Crippen MR) is 63.1 cm³/mol. The van der Waals surface area contributed by atoms with Crippen molar-refractivity contribution in [2.75, 3.05) is 13.1 Å². The first-order valence-corrected chi connectivity index (χ1v) is 6.33. The zero-order valence-electron chi connectivity index (χ0n) is 10.2. The third-order valence-electron chi connectivity index (χ3n) is 3.76. The minimum absolute atomic E-state index is 0.0275. The van der Waals surface area contributed by atoms with E-state index in [9.17, 15) is 4.79 Å². The van der Waals surface area contributed by atoms with Gasteiger partial charge in [0.15, 0.2) is 0 Å². The van der Waals surface area contributed by atoms with Crippen LogP contribution in [0.25, 0.3) is 0 Å². The highest BCUT2D eigenvalue weighted by Crippen LogP contribution is 2.34. The average Bonchev–Trinajstić information content (AvgIpc) is 2.73. The number of ether oxygens (including phenoxy) is 1. The lowest BCUT2D eigenvalue weighted by molar-refractivity contribution is -0.161. The number of fused-ring (bicyclic) bond motifs is 1. The molecule has 0 saturated carbocycles. The Hall–Kier alpha value is -0.830. The van der Waals surface area contributed by atoms with Crippen molar-refractivity contribution >= 4 is 5.97 Å². The van der Waals surface area contributed by atoms with Gasteiger partial charge in [-0.25, -0.2) is 4.79 Å². The van der Waals surface area contributed by atoms with Crippen molar-refractivity contribution < 1.29 is 9.53 Å². The minimum Gasteiger partial charge on any atom is -0.461 e. The van der Waals surface area contributed by atoms with Gasteiger partial charge in [0.2, 0.25) is 0 Å². The van der Waals surface area contributed by atoms with Crippen LogP contribution in [0.2, 0.25) is 0 Å². The fraction of sp³-hybridized carbons (Fsp3) is 0.769. The van der Waals surface area contributed by atoms with Gasteiger partial charge < -0.3 is 4.74 Å². The number of nitrogens with zero attached hydrogens (tertiary/aromatic N) is 1. The van der Waals surface area contributed by atoms with Crippen molar-refractivity contribution in [3.05, 3.63) is 12.2 Å². The highest BCUT2D eigenvalue weighted by Gasteiger charge is 2.47. The lowest BCUT2D eigenvalue weighted by Gasteiger charge is -2.39. The van der Waals surface area contributed by atoms with E-state index in [0.717, 1.165) is 32.4 Å². The number of esters is 1. The van der Waals surface area contributed by atoms with E-state index >= 15 is 0 Å². The van der Waals surface area contributed by atoms with Crippen molar-refractivity contribution in [1.29, 1.82) is 0 Å². The molecule has 0 aromatic heterocycles. The second-order valence-electron chi connectivity index (χ2n) is 4.85. The summed E-state index contributed by atoms with van der Waals surface area (Å²) in [4.78, 5) is 14.5. The minimum atomic E-state index is -0.429. The Bertz CT molecular complexity index is 300. The average molecular weight is 223 g/mol. The maximum Gasteiger partial charge on any atom is 0.330 e. The molecule has 2 unspecified atom stereocenters. The molecule has 0 aromatic carbocycles. The summed E-state index contributed by atoms with van der Waals surface area (Å²) < 4.78 is 5.51. The zero-order chi connectivity index (χ0) is 11.6. The number of rotatable bonds is 3. The number of carbonyl (C=O) groups is 1. The molecular formula is C13H21NO2. The van der Waals surface area contributed by atoms with Crippen LogP contribution in [0.5, 0.6) is 0 Å². The lowest BCUT2D eigenvalue weighted by atomic mass is 9.88. The van der Waals surface area contributed by atoms with Crippen LogP contribution in [-0.2, 0) is 9.53 Å². The maximum atomic E-state index is 12.3. The molecule has 0 radical (unpaired) electrons. The van der Waals surface area contributed by atoms with E-state index in [2.05, 4.69) is 17.1 Å². The maximum absolute atomic E-state index is 12.3. The molecule has 3 heteroatoms. The van der Waals surface area contributed by atoms with Crippen molar-refractivity contribution in [2.24, 2.45) is 0 Å². The third-order valence-corrected chi connectivity index (χ3v) is 3.76. The molecule has 1 fully saturated rings. The van der Waals surface area contributed by atoms with Gasteiger partial charge >= 0.3 is 5.97 Å². The van der Waals surface area contributed by atoms with Crippen LogP contribution in [0.3, 0.4) is 0 Å². The summed E-state index contributed by atoms with van der Waals surface area (Å²) in [7, 11) is 0. The summed E-state index contributed by atoms with van der Waals surface area (Å²) in [5.41, 5.74) is -0.429. The van der Waals surface area contributed by atoms with Gasteiger partial charge in [0.1, 0.15) is 5.54 Å². The first kappa shape index (κ1) is 11.6. The summed E-state index contributed by atoms with van der Waals surface area (Å²) in [5, 5.41) is 0. The highest BCUT2D eigenvalue weighted by molar-refractivity contribution is 5.84. The fourth-order valence-electron chi connectivity index (χ4n) is 2.54. The molecule has 2 rings (SSSR count). The molecule has 90 valence electrons. The summed E-state index contributed by atoms with van der Waals surface area (Å²) in [6, 6.07) is 0. The molecule has 0 bridgehead atoms. The second-order valence-corrected chi connectivity index (χ2v) is 4.85. The molecule has 0 spiro atoms. The van der Waals surface area contributed by atoms with Crippen LogP contribution >= 0.6 is 0 Å². The number of piperidine rings is 1. The Morgan fingerprint density at radius 1 is 1.56 bits per heavy atom. The Morgan fingerprint density at radius 2 is 2.38 bits per heavy atom. The van der Waals surface area contributed by atoms with Crippen LogP contribution in [0, 0.1) is 0 Å². The van der Waals surface area contributed by atoms with E-state index in [1.807, 2.05) is 13.8 Å². The molecule has 0 aromatic rings. The molecule has 2 heterocycles. The van der Waals surface area contributed by atoms with E-state index in [4.69, 9.17) is 4.74 Å². The summed E-state index contributed by atoms with van der Waals surface area (Å²) in [5.74, 6) is -0.0460. The predicted octanol–water partition coefficient (Wildman–Crippen LogP) is 2.12. The second kappa shape index (κ2) is 4.58. The van der Waals surface area contributed by atoms with E-state index in [1.54, 1.807) is 0 Å². The fourth-order valence-corrected chi connectivity index (χ4v) is 2.54. The van der Waals surface area contributed by atoms with Crippen molar-refractivity contribution in [3.8, 4) is 0 Å². The Morgan fingerprint density at radius 3 is 3.12 bits per heavy atom. The molecule has 3 nitrogen and oxygen atoms in total. The lowest BCUT2D eigenvalue weighted by Crippen LogP contribution is -2.54. The molecule has 0 amide bonds. The summed E-state index contributed by atoms with van der Waals surface area (Å²) in [6.45, 7) is 5.91. The van der Waals surface area contributed by atoms with Crippen molar-refractivity contribution in [2.45, 2.75) is 51.2 Å². The largest absolute Gasteiger partial charge is 0.461 e. The van der Waals surface area contributed by atoms with E-state index in [0.29, 0.717) is 0 Å². The van der Waals surface area contributed by atoms with E-state index in [-0.39, 0.29) is 12.1 Å². The molecule has 1 saturated heterocycles. The van der Waals surface area contributed by atoms with Crippen molar-refractivity contribution in [1.82, 2.24) is 4.90 Å². The standard InChI is InChI=1S/C13H21NO2/c1-3-11(2)16-12(15)13-7-4-5-9-14(13)10-6-8-13/h6,8,11H,3-5,7,9-10H2,1-2H3. The first-order valence-electron chi connectivity index (χ1n) is 6.33. The molecule has 0 N–H and O–H groups in total. The first-order chi connectivity index (χ1) is 7.69. The molecule has 16 heavy (non-hydrogen) atoms. The zero-order valence-corrected chi connectivity index (χ0v) is 10.2. The molecule has 0 aliphatic carbocycles. The number of hydrogen-bond acceptors (Lipinski definition) is 3. The van der Waals surface area contributed by atoms with Gasteiger partial charge in [0, 0.05) is 6.54 Å². The smallest absolute Gasteiger partial charge is 0.330 e. The van der Waals surface area contributed by atoms with Gasteiger partial charge in [-0.15, -0.1) is 0 Å². The molecule has 2 aliphatic rings. The van der Waals surface area contributed by atoms with Gasteiger partial charge in [-0.2, -0.15) is 0 Å². The third kappa shape index (κ3) is 1.88. The Balaban J connectivity index is 2.10. The summed E-state index contributed by atoms with van der Waals surface area (Å²) in [6.07, 6.45) is 8.29. The van der Waals surface area contributed by atoms with Gasteiger partial charge in [-0.3, -0.25) is 4.90 Å². The number of hydrogen-bond donors (Lipinski definition) is 0. The van der Waals surface area contributed by atoms with Gasteiger partial charge in [0.05, 0.1) is 6.10 Å². The quantitative estimate of drug-likeness (QED) is 0.542. The Labute approximate surface area is 97.5 Å². The topological polar surface area (TPSA) is 29.5 Å². The van der Waals surface area contributed by atoms with Gasteiger partial charge in [-0.1, -0.05) is 19.1 Å². The molecular weight excluding hydrogens is 202 g/mol. The van der Waals surface area contributed by atoms with Crippen LogP contribution in [0.4, 0.5) is 0 Å². The SMILES string of the molecule is CCC(C)OC(=O)C12C=CCN1CCCC2. The van der Waals surface area contributed by atoms with Gasteiger partial charge in [-0.05, 0) is 39.2 Å². The molecule has 2 aliphatic heterocycles. The Kier molecular flexibility index (Phi) is 3.33.